The van der Waals surface area contributed by atoms with Gasteiger partial charge in [-0.15, -0.1) is 0 Å². The van der Waals surface area contributed by atoms with Crippen LogP contribution in [0, 0.1) is 0 Å². The van der Waals surface area contributed by atoms with Crippen molar-refractivity contribution in [2.24, 2.45) is 0 Å². The van der Waals surface area contributed by atoms with Gasteiger partial charge in [0.05, 0.1) is 23.9 Å². The van der Waals surface area contributed by atoms with E-state index in [-0.39, 0.29) is 0 Å². The molecule has 0 saturated carbocycles. The summed E-state index contributed by atoms with van der Waals surface area (Å²) in [4.78, 5) is 2.22. The number of hydrogen-bond donors (Lipinski definition) is 2. The van der Waals surface area contributed by atoms with Crippen molar-refractivity contribution in [2.45, 2.75) is 25.9 Å². The van der Waals surface area contributed by atoms with Crippen LogP contribution >= 0.6 is 0 Å². The van der Waals surface area contributed by atoms with Crippen LogP contribution in [0.3, 0.4) is 0 Å². The Labute approximate surface area is 167 Å². The molecule has 150 valence electrons. The zero-order valence-corrected chi connectivity index (χ0v) is 17.2. The van der Waals surface area contributed by atoms with Crippen LogP contribution in [0.5, 0.6) is 5.75 Å². The monoisotopic (exact) mass is 401 g/mol. The molecule has 0 aliphatic carbocycles. The van der Waals surface area contributed by atoms with Crippen LogP contribution in [0.4, 0.5) is 11.4 Å². The highest BCUT2D eigenvalue weighted by molar-refractivity contribution is 7.95. The average molecular weight is 402 g/mol. The van der Waals surface area contributed by atoms with Crippen molar-refractivity contribution in [3.63, 3.8) is 0 Å². The van der Waals surface area contributed by atoms with Crippen molar-refractivity contribution in [2.75, 3.05) is 29.8 Å². The first-order valence-corrected chi connectivity index (χ1v) is 10.9. The van der Waals surface area contributed by atoms with E-state index in [2.05, 4.69) is 28.8 Å². The quantitative estimate of drug-likeness (QED) is 0.777. The minimum Gasteiger partial charge on any atom is -0.495 e. The van der Waals surface area contributed by atoms with Crippen LogP contribution < -0.4 is 19.7 Å². The summed E-state index contributed by atoms with van der Waals surface area (Å²) in [7, 11) is -2.00. The lowest BCUT2D eigenvalue weighted by molar-refractivity contribution is 0.391. The maximum atomic E-state index is 12.5. The van der Waals surface area contributed by atoms with Gasteiger partial charge in [-0.2, -0.15) is 0 Å². The van der Waals surface area contributed by atoms with Gasteiger partial charge in [-0.25, -0.2) is 8.42 Å². The van der Waals surface area contributed by atoms with E-state index < -0.39 is 10.0 Å². The molecule has 2 N–H and O–H groups in total. The minimum atomic E-state index is -3.62. The van der Waals surface area contributed by atoms with E-state index in [1.54, 1.807) is 25.3 Å². The summed E-state index contributed by atoms with van der Waals surface area (Å²) >= 11 is 0. The largest absolute Gasteiger partial charge is 0.495 e. The number of hydrogen-bond acceptors (Lipinski definition) is 5. The van der Waals surface area contributed by atoms with E-state index in [0.717, 1.165) is 30.1 Å². The minimum absolute atomic E-state index is 0.336. The number of methoxy groups -OCH3 is 1. The van der Waals surface area contributed by atoms with Crippen molar-refractivity contribution in [1.82, 2.24) is 5.32 Å². The molecule has 3 rings (SSSR count). The van der Waals surface area contributed by atoms with Gasteiger partial charge in [0.2, 0.25) is 0 Å². The molecular weight excluding hydrogens is 374 g/mol. The number of nitrogens with zero attached hydrogens (tertiary/aromatic N) is 1. The fourth-order valence-corrected chi connectivity index (χ4v) is 4.31. The average Bonchev–Trinajstić information content (AvgIpc) is 2.66. The second kappa shape index (κ2) is 8.67. The molecule has 2 aromatic carbocycles. The molecule has 0 amide bonds. The molecule has 2 aromatic rings. The van der Waals surface area contributed by atoms with Crippen LogP contribution in [0.25, 0.3) is 6.08 Å². The number of benzene rings is 2. The standard InChI is InChI=1S/C21H27N3O3S/c1-16-14-24(15-17(2)22-16)20-13-19(9-10-21(20)27-3)23-28(25,26)12-11-18-7-5-4-6-8-18/h4-13,16-17,22-23H,14-15H2,1-3H3/t16-,17+. The highest BCUT2D eigenvalue weighted by Crippen LogP contribution is 2.33. The van der Waals surface area contributed by atoms with Crippen LogP contribution in [0.2, 0.25) is 0 Å². The first kappa shape index (κ1) is 20.2. The molecule has 28 heavy (non-hydrogen) atoms. The van der Waals surface area contributed by atoms with E-state index in [1.165, 1.54) is 5.41 Å². The van der Waals surface area contributed by atoms with Crippen molar-refractivity contribution in [3.8, 4) is 5.75 Å². The third-order valence-corrected chi connectivity index (χ3v) is 5.59. The molecule has 2 atom stereocenters. The molecule has 7 heteroatoms. The fourth-order valence-electron chi connectivity index (χ4n) is 3.45. The number of anilines is 2. The summed E-state index contributed by atoms with van der Waals surface area (Å²) in [6, 6.07) is 15.3. The molecule has 1 heterocycles. The lowest BCUT2D eigenvalue weighted by atomic mass is 10.1. The molecule has 1 saturated heterocycles. The zero-order chi connectivity index (χ0) is 20.1. The molecule has 0 aromatic heterocycles. The van der Waals surface area contributed by atoms with Gasteiger partial charge in [0, 0.05) is 25.2 Å². The summed E-state index contributed by atoms with van der Waals surface area (Å²) in [6.07, 6.45) is 1.58. The second-order valence-electron chi connectivity index (χ2n) is 7.12. The summed E-state index contributed by atoms with van der Waals surface area (Å²) in [6.45, 7) is 5.92. The summed E-state index contributed by atoms with van der Waals surface area (Å²) in [5.41, 5.74) is 2.22. The SMILES string of the molecule is COc1ccc(NS(=O)(=O)C=Cc2ccccc2)cc1N1C[C@@H](C)N[C@@H](C)C1. The molecule has 1 aliphatic heterocycles. The van der Waals surface area contributed by atoms with Crippen molar-refractivity contribution >= 4 is 27.5 Å². The molecule has 1 fully saturated rings. The smallest absolute Gasteiger partial charge is 0.255 e. The van der Waals surface area contributed by atoms with Gasteiger partial charge >= 0.3 is 0 Å². The molecule has 1 aliphatic rings. The first-order chi connectivity index (χ1) is 13.4. The van der Waals surface area contributed by atoms with Crippen molar-refractivity contribution in [3.05, 3.63) is 59.5 Å². The lowest BCUT2D eigenvalue weighted by Crippen LogP contribution is -2.54. The lowest BCUT2D eigenvalue weighted by Gasteiger charge is -2.38. The van der Waals surface area contributed by atoms with Crippen molar-refractivity contribution < 1.29 is 13.2 Å². The normalized spacial score (nSPS) is 20.3. The number of nitrogens with one attached hydrogen (secondary N) is 2. The third-order valence-electron chi connectivity index (χ3n) is 4.58. The van der Waals surface area contributed by atoms with Gasteiger partial charge in [-0.05, 0) is 43.7 Å². The maximum Gasteiger partial charge on any atom is 0.255 e. The Morgan fingerprint density at radius 2 is 1.79 bits per heavy atom. The summed E-state index contributed by atoms with van der Waals surface area (Å²) < 4.78 is 33.1. The van der Waals surface area contributed by atoms with E-state index in [9.17, 15) is 8.42 Å². The molecule has 0 unspecified atom stereocenters. The van der Waals surface area contributed by atoms with Crippen LogP contribution in [0.15, 0.2) is 53.9 Å². The molecular formula is C21H27N3O3S. The number of sulfonamides is 1. The number of rotatable bonds is 6. The van der Waals surface area contributed by atoms with Crippen LogP contribution in [-0.2, 0) is 10.0 Å². The second-order valence-corrected chi connectivity index (χ2v) is 8.69. The maximum absolute atomic E-state index is 12.5. The van der Waals surface area contributed by atoms with Gasteiger partial charge in [0.1, 0.15) is 5.75 Å². The van der Waals surface area contributed by atoms with Gasteiger partial charge < -0.3 is 15.0 Å². The third kappa shape index (κ3) is 5.27. The Morgan fingerprint density at radius 1 is 1.11 bits per heavy atom. The summed E-state index contributed by atoms with van der Waals surface area (Å²) in [5.74, 6) is 0.726. The highest BCUT2D eigenvalue weighted by Gasteiger charge is 2.23. The highest BCUT2D eigenvalue weighted by atomic mass is 32.2. The molecule has 6 nitrogen and oxygen atoms in total. The van der Waals surface area contributed by atoms with Crippen LogP contribution in [0.1, 0.15) is 19.4 Å². The van der Waals surface area contributed by atoms with E-state index in [1.807, 2.05) is 36.4 Å². The van der Waals surface area contributed by atoms with E-state index in [4.69, 9.17) is 4.74 Å². The van der Waals surface area contributed by atoms with Gasteiger partial charge in [-0.3, -0.25) is 4.72 Å². The number of piperazine rings is 1. The predicted molar refractivity (Wildman–Crippen MR) is 115 cm³/mol. The molecule has 0 bridgehead atoms. The molecule has 0 radical (unpaired) electrons. The predicted octanol–water partition coefficient (Wildman–Crippen LogP) is 3.29. The van der Waals surface area contributed by atoms with Gasteiger partial charge in [0.15, 0.2) is 0 Å². The Kier molecular flexibility index (Phi) is 6.26. The Balaban J connectivity index is 1.81. The number of ether oxygens (including phenoxy) is 1. The Hall–Kier alpha value is -2.51. The van der Waals surface area contributed by atoms with Gasteiger partial charge in [-0.1, -0.05) is 30.3 Å². The Bertz CT molecular complexity index is 919. The van der Waals surface area contributed by atoms with E-state index in [0.29, 0.717) is 17.8 Å². The van der Waals surface area contributed by atoms with E-state index >= 15 is 0 Å². The molecule has 0 spiro atoms. The Morgan fingerprint density at radius 3 is 2.43 bits per heavy atom. The summed E-state index contributed by atoms with van der Waals surface area (Å²) in [5, 5.41) is 4.68. The van der Waals surface area contributed by atoms with Crippen molar-refractivity contribution in [1.29, 1.82) is 0 Å². The fraction of sp³-hybridized carbons (Fsp3) is 0.333. The van der Waals surface area contributed by atoms with Crippen LogP contribution in [-0.4, -0.2) is 40.7 Å². The van der Waals surface area contributed by atoms with Gasteiger partial charge in [0.25, 0.3) is 10.0 Å². The topological polar surface area (TPSA) is 70.7 Å². The first-order valence-electron chi connectivity index (χ1n) is 9.31. The zero-order valence-electron chi connectivity index (χ0n) is 16.4.